The van der Waals surface area contributed by atoms with E-state index in [-0.39, 0.29) is 17.0 Å². The minimum atomic E-state index is -0.891. The summed E-state index contributed by atoms with van der Waals surface area (Å²) < 4.78 is 0. The Kier molecular flexibility index (Phi) is 7.16. The van der Waals surface area contributed by atoms with E-state index in [0.717, 1.165) is 11.8 Å². The summed E-state index contributed by atoms with van der Waals surface area (Å²) in [6, 6.07) is -0.520. The van der Waals surface area contributed by atoms with Gasteiger partial charge in [0.1, 0.15) is 0 Å². The predicted octanol–water partition coefficient (Wildman–Crippen LogP) is 0.640. The van der Waals surface area contributed by atoms with Crippen molar-refractivity contribution in [2.24, 2.45) is 11.7 Å². The number of amides is 1. The number of hydrogen-bond donors (Lipinski definition) is 3. The number of nitrogens with one attached hydrogen (secondary N) is 1. The van der Waals surface area contributed by atoms with E-state index in [9.17, 15) is 9.59 Å². The van der Waals surface area contributed by atoms with Crippen molar-refractivity contribution in [3.05, 3.63) is 0 Å². The lowest BCUT2D eigenvalue weighted by Crippen LogP contribution is -2.44. The third-order valence-corrected chi connectivity index (χ3v) is 2.90. The Morgan fingerprint density at radius 2 is 1.94 bits per heavy atom. The van der Waals surface area contributed by atoms with Gasteiger partial charge in [-0.25, -0.2) is 0 Å². The first-order valence-corrected chi connectivity index (χ1v) is 6.27. The second kappa shape index (κ2) is 7.51. The molecule has 2 atom stereocenters. The number of thioether (sulfide) groups is 1. The van der Waals surface area contributed by atoms with Crippen LogP contribution in [0.3, 0.4) is 0 Å². The molecule has 6 heteroatoms. The van der Waals surface area contributed by atoms with Gasteiger partial charge in [0.25, 0.3) is 0 Å². The van der Waals surface area contributed by atoms with Crippen LogP contribution in [0, 0.1) is 5.92 Å². The molecule has 0 radical (unpaired) electrons. The van der Waals surface area contributed by atoms with E-state index in [1.54, 1.807) is 6.92 Å². The maximum Gasteiger partial charge on any atom is 0.313 e. The molecule has 0 aromatic rings. The maximum atomic E-state index is 11.5. The number of carbonyl (C=O) groups is 2. The monoisotopic (exact) mass is 248 g/mol. The Labute approximate surface area is 100 Å². The van der Waals surface area contributed by atoms with Crippen molar-refractivity contribution in [2.45, 2.75) is 38.6 Å². The molecule has 1 amide bonds. The van der Waals surface area contributed by atoms with Crippen LogP contribution in [0.1, 0.15) is 27.2 Å². The SMILES string of the molecule is CC(C)C[C@H](N)C(=O)NC(C)SCC(=O)O. The van der Waals surface area contributed by atoms with E-state index in [4.69, 9.17) is 10.8 Å². The van der Waals surface area contributed by atoms with Crippen LogP contribution in [0.2, 0.25) is 0 Å². The van der Waals surface area contributed by atoms with Gasteiger partial charge in [-0.15, -0.1) is 11.8 Å². The molecule has 0 aliphatic carbocycles. The van der Waals surface area contributed by atoms with E-state index in [1.807, 2.05) is 13.8 Å². The van der Waals surface area contributed by atoms with Gasteiger partial charge in [0, 0.05) is 0 Å². The van der Waals surface area contributed by atoms with Gasteiger partial charge < -0.3 is 16.2 Å². The number of hydrogen-bond acceptors (Lipinski definition) is 4. The first-order chi connectivity index (χ1) is 7.32. The van der Waals surface area contributed by atoms with Gasteiger partial charge in [0.2, 0.25) is 5.91 Å². The van der Waals surface area contributed by atoms with Gasteiger partial charge >= 0.3 is 5.97 Å². The van der Waals surface area contributed by atoms with Crippen molar-refractivity contribution < 1.29 is 14.7 Å². The summed E-state index contributed by atoms with van der Waals surface area (Å²) in [5, 5.41) is 10.9. The summed E-state index contributed by atoms with van der Waals surface area (Å²) in [6.07, 6.45) is 0.627. The van der Waals surface area contributed by atoms with Crippen molar-refractivity contribution in [1.29, 1.82) is 0 Å². The van der Waals surface area contributed by atoms with E-state index >= 15 is 0 Å². The summed E-state index contributed by atoms with van der Waals surface area (Å²) in [4.78, 5) is 21.8. The Balaban J connectivity index is 3.89. The molecular formula is C10H20N2O3S. The van der Waals surface area contributed by atoms with Crippen LogP contribution in [0.15, 0.2) is 0 Å². The number of aliphatic carboxylic acids is 1. The maximum absolute atomic E-state index is 11.5. The first kappa shape index (κ1) is 15.2. The van der Waals surface area contributed by atoms with Crippen LogP contribution < -0.4 is 11.1 Å². The zero-order chi connectivity index (χ0) is 12.7. The minimum Gasteiger partial charge on any atom is -0.481 e. The van der Waals surface area contributed by atoms with Crippen molar-refractivity contribution in [3.8, 4) is 0 Å². The van der Waals surface area contributed by atoms with E-state index in [1.165, 1.54) is 0 Å². The number of carbonyl (C=O) groups excluding carboxylic acids is 1. The van der Waals surface area contributed by atoms with Crippen LogP contribution >= 0.6 is 11.8 Å². The van der Waals surface area contributed by atoms with Crippen LogP contribution in [0.5, 0.6) is 0 Å². The molecule has 1 unspecified atom stereocenters. The highest BCUT2D eigenvalue weighted by Crippen LogP contribution is 2.08. The van der Waals surface area contributed by atoms with E-state index < -0.39 is 12.0 Å². The summed E-state index contributed by atoms with van der Waals surface area (Å²) in [5.41, 5.74) is 5.68. The summed E-state index contributed by atoms with van der Waals surface area (Å²) in [6.45, 7) is 5.74. The summed E-state index contributed by atoms with van der Waals surface area (Å²) in [5.74, 6) is -0.777. The average Bonchev–Trinajstić information content (AvgIpc) is 2.13. The molecule has 0 fully saturated rings. The Bertz CT molecular complexity index is 246. The predicted molar refractivity (Wildman–Crippen MR) is 65.1 cm³/mol. The lowest BCUT2D eigenvalue weighted by Gasteiger charge is -2.17. The molecular weight excluding hydrogens is 228 g/mol. The Hall–Kier alpha value is -0.750. The molecule has 0 aliphatic rings. The van der Waals surface area contributed by atoms with Crippen molar-refractivity contribution in [3.63, 3.8) is 0 Å². The lowest BCUT2D eigenvalue weighted by molar-refractivity contribution is -0.134. The van der Waals surface area contributed by atoms with Gasteiger partial charge in [-0.05, 0) is 19.3 Å². The number of rotatable bonds is 7. The van der Waals surface area contributed by atoms with Gasteiger partial charge in [-0.1, -0.05) is 13.8 Å². The Morgan fingerprint density at radius 1 is 1.38 bits per heavy atom. The standard InChI is InChI=1S/C10H20N2O3S/c1-6(2)4-8(11)10(15)12-7(3)16-5-9(13)14/h6-8H,4-5,11H2,1-3H3,(H,12,15)(H,13,14)/t7?,8-/m0/s1. The Morgan fingerprint density at radius 3 is 2.38 bits per heavy atom. The lowest BCUT2D eigenvalue weighted by atomic mass is 10.0. The minimum absolute atomic E-state index is 0.0269. The van der Waals surface area contributed by atoms with Crippen LogP contribution in [0.4, 0.5) is 0 Å². The normalized spacial score (nSPS) is 14.6. The van der Waals surface area contributed by atoms with E-state index in [0.29, 0.717) is 12.3 Å². The molecule has 0 aliphatic heterocycles. The number of carboxylic acids is 1. The molecule has 4 N–H and O–H groups in total. The molecule has 16 heavy (non-hydrogen) atoms. The molecule has 0 aromatic carbocycles. The highest BCUT2D eigenvalue weighted by molar-refractivity contribution is 8.00. The number of nitrogens with two attached hydrogens (primary N) is 1. The van der Waals surface area contributed by atoms with E-state index in [2.05, 4.69) is 5.32 Å². The first-order valence-electron chi connectivity index (χ1n) is 5.22. The average molecular weight is 248 g/mol. The van der Waals surface area contributed by atoms with Crippen LogP contribution in [0.25, 0.3) is 0 Å². The van der Waals surface area contributed by atoms with Crippen LogP contribution in [-0.2, 0) is 9.59 Å². The van der Waals surface area contributed by atoms with Gasteiger partial charge in [0.05, 0.1) is 17.2 Å². The molecule has 0 bridgehead atoms. The smallest absolute Gasteiger partial charge is 0.313 e. The summed E-state index contributed by atoms with van der Waals surface area (Å²) in [7, 11) is 0. The molecule has 0 spiro atoms. The van der Waals surface area contributed by atoms with Crippen molar-refractivity contribution >= 4 is 23.6 Å². The van der Waals surface area contributed by atoms with Gasteiger partial charge in [0.15, 0.2) is 0 Å². The zero-order valence-electron chi connectivity index (χ0n) is 9.90. The molecule has 0 saturated heterocycles. The molecule has 0 aromatic heterocycles. The zero-order valence-corrected chi connectivity index (χ0v) is 10.7. The fourth-order valence-electron chi connectivity index (χ4n) is 1.16. The van der Waals surface area contributed by atoms with Crippen molar-refractivity contribution in [1.82, 2.24) is 5.32 Å². The highest BCUT2D eigenvalue weighted by atomic mass is 32.2. The second-order valence-corrected chi connectivity index (χ2v) is 5.42. The molecule has 0 rings (SSSR count). The van der Waals surface area contributed by atoms with Gasteiger partial charge in [-0.3, -0.25) is 9.59 Å². The summed E-state index contributed by atoms with van der Waals surface area (Å²) >= 11 is 1.16. The molecule has 0 saturated carbocycles. The molecule has 0 heterocycles. The topological polar surface area (TPSA) is 92.4 Å². The quantitative estimate of drug-likeness (QED) is 0.575. The number of carboxylic acid groups (broad SMARTS) is 1. The molecule has 94 valence electrons. The van der Waals surface area contributed by atoms with Crippen LogP contribution in [-0.4, -0.2) is 34.2 Å². The highest BCUT2D eigenvalue weighted by Gasteiger charge is 2.17. The second-order valence-electron chi connectivity index (χ2n) is 4.09. The fraction of sp³-hybridized carbons (Fsp3) is 0.800. The van der Waals surface area contributed by atoms with Gasteiger partial charge in [-0.2, -0.15) is 0 Å². The third kappa shape index (κ3) is 7.53. The third-order valence-electron chi connectivity index (χ3n) is 1.86. The molecule has 5 nitrogen and oxygen atoms in total. The fourth-order valence-corrected chi connectivity index (χ4v) is 1.75. The van der Waals surface area contributed by atoms with Crippen molar-refractivity contribution in [2.75, 3.05) is 5.75 Å². The largest absolute Gasteiger partial charge is 0.481 e.